The molecule has 0 saturated carbocycles. The molecule has 0 spiro atoms. The molecule has 0 aliphatic carbocycles. The Morgan fingerprint density at radius 3 is 2.25 bits per heavy atom. The van der Waals surface area contributed by atoms with Crippen LogP contribution in [0.4, 0.5) is 0 Å². The largest absolute Gasteiger partial charge is 0.507 e. The number of rotatable bonds is 16. The number of phenols is 1. The minimum Gasteiger partial charge on any atom is -0.507 e. The lowest BCUT2D eigenvalue weighted by Crippen LogP contribution is -2.10. The molecule has 0 radical (unpaired) electrons. The van der Waals surface area contributed by atoms with E-state index in [1.807, 2.05) is 24.3 Å². The summed E-state index contributed by atoms with van der Waals surface area (Å²) >= 11 is 0. The van der Waals surface area contributed by atoms with Gasteiger partial charge in [-0.25, -0.2) is 0 Å². The smallest absolute Gasteiger partial charge is 0.196 e. The van der Waals surface area contributed by atoms with E-state index in [4.69, 9.17) is 4.74 Å². The quantitative estimate of drug-likeness (QED) is 0.213. The summed E-state index contributed by atoms with van der Waals surface area (Å²) in [7, 11) is 0. The van der Waals surface area contributed by atoms with Gasteiger partial charge in [-0.05, 0) is 30.9 Å². The highest BCUT2D eigenvalue weighted by Gasteiger charge is 2.22. The van der Waals surface area contributed by atoms with E-state index in [2.05, 4.69) is 20.8 Å². The van der Waals surface area contributed by atoms with Crippen LogP contribution < -0.4 is 4.74 Å². The minimum absolute atomic E-state index is 0.0919. The lowest BCUT2D eigenvalue weighted by molar-refractivity contribution is 0.103. The topological polar surface area (TPSA) is 46.5 Å². The van der Waals surface area contributed by atoms with Gasteiger partial charge in [-0.3, -0.25) is 4.79 Å². The molecule has 1 unspecified atom stereocenters. The minimum atomic E-state index is -0.145. The third kappa shape index (κ3) is 8.00. The average molecular weight is 439 g/mol. The molecule has 0 bridgehead atoms. The molecule has 32 heavy (non-hydrogen) atoms. The average Bonchev–Trinajstić information content (AvgIpc) is 2.82. The second-order valence-corrected chi connectivity index (χ2v) is 8.87. The second kappa shape index (κ2) is 14.7. The van der Waals surface area contributed by atoms with E-state index < -0.39 is 0 Å². The molecule has 2 aromatic carbocycles. The van der Waals surface area contributed by atoms with Crippen molar-refractivity contribution in [3.63, 3.8) is 0 Å². The van der Waals surface area contributed by atoms with Gasteiger partial charge in [0, 0.05) is 11.1 Å². The second-order valence-electron chi connectivity index (χ2n) is 8.87. The maximum atomic E-state index is 13.0. The van der Waals surface area contributed by atoms with Crippen molar-refractivity contribution in [3.8, 4) is 11.5 Å². The van der Waals surface area contributed by atoms with Gasteiger partial charge in [0.15, 0.2) is 5.78 Å². The van der Waals surface area contributed by atoms with Gasteiger partial charge in [0.2, 0.25) is 0 Å². The van der Waals surface area contributed by atoms with Crippen LogP contribution in [0.2, 0.25) is 0 Å². The van der Waals surface area contributed by atoms with Crippen LogP contribution >= 0.6 is 0 Å². The number of hydrogen-bond acceptors (Lipinski definition) is 3. The molecule has 1 atom stereocenters. The fourth-order valence-electron chi connectivity index (χ4n) is 4.18. The summed E-state index contributed by atoms with van der Waals surface area (Å²) in [5, 5.41) is 11.2. The SMILES string of the molecule is CCCCCCCCOc1ccc(C(=O)c2ccccc2)c(O)c1CC(CC)CCCC. The first-order valence-corrected chi connectivity index (χ1v) is 12.7. The van der Waals surface area contributed by atoms with Crippen molar-refractivity contribution < 1.29 is 14.6 Å². The van der Waals surface area contributed by atoms with Crippen LogP contribution in [0.3, 0.4) is 0 Å². The van der Waals surface area contributed by atoms with Crippen LogP contribution in [0.5, 0.6) is 11.5 Å². The van der Waals surface area contributed by atoms with E-state index in [-0.39, 0.29) is 11.5 Å². The molecule has 2 aromatic rings. The van der Waals surface area contributed by atoms with Crippen molar-refractivity contribution in [1.29, 1.82) is 0 Å². The summed E-state index contributed by atoms with van der Waals surface area (Å²) in [6.45, 7) is 7.29. The van der Waals surface area contributed by atoms with Gasteiger partial charge in [-0.2, -0.15) is 0 Å². The van der Waals surface area contributed by atoms with Gasteiger partial charge in [-0.1, -0.05) is 109 Å². The molecule has 3 nitrogen and oxygen atoms in total. The number of carbonyl (C=O) groups excluding carboxylic acids is 1. The Morgan fingerprint density at radius 1 is 0.875 bits per heavy atom. The Balaban J connectivity index is 2.19. The summed E-state index contributed by atoms with van der Waals surface area (Å²) in [4.78, 5) is 13.0. The highest BCUT2D eigenvalue weighted by Crippen LogP contribution is 2.36. The van der Waals surface area contributed by atoms with Crippen molar-refractivity contribution >= 4 is 5.78 Å². The first-order chi connectivity index (χ1) is 15.6. The number of aromatic hydroxyl groups is 1. The number of hydrogen-bond donors (Lipinski definition) is 1. The summed E-state index contributed by atoms with van der Waals surface area (Å²) in [5.41, 5.74) is 1.75. The Morgan fingerprint density at radius 2 is 1.56 bits per heavy atom. The molecular weight excluding hydrogens is 396 g/mol. The maximum absolute atomic E-state index is 13.0. The van der Waals surface area contributed by atoms with Crippen LogP contribution in [0.15, 0.2) is 42.5 Å². The zero-order chi connectivity index (χ0) is 23.2. The van der Waals surface area contributed by atoms with E-state index in [1.165, 1.54) is 38.5 Å². The fourth-order valence-corrected chi connectivity index (χ4v) is 4.18. The highest BCUT2D eigenvalue weighted by atomic mass is 16.5. The molecule has 3 heteroatoms. The number of benzene rings is 2. The van der Waals surface area contributed by atoms with E-state index in [1.54, 1.807) is 18.2 Å². The van der Waals surface area contributed by atoms with Crippen molar-refractivity contribution in [3.05, 3.63) is 59.2 Å². The van der Waals surface area contributed by atoms with E-state index in [0.717, 1.165) is 43.4 Å². The Kier molecular flexibility index (Phi) is 11.9. The molecular formula is C29H42O3. The lowest BCUT2D eigenvalue weighted by Gasteiger charge is -2.20. The summed E-state index contributed by atoms with van der Waals surface area (Å²) < 4.78 is 6.14. The molecule has 2 rings (SSSR count). The zero-order valence-corrected chi connectivity index (χ0v) is 20.4. The third-order valence-electron chi connectivity index (χ3n) is 6.31. The fraction of sp³-hybridized carbons (Fsp3) is 0.552. The van der Waals surface area contributed by atoms with Gasteiger partial charge >= 0.3 is 0 Å². The normalized spacial score (nSPS) is 12.0. The van der Waals surface area contributed by atoms with E-state index in [0.29, 0.717) is 23.7 Å². The number of phenolic OH excluding ortho intramolecular Hbond substituents is 1. The third-order valence-corrected chi connectivity index (χ3v) is 6.31. The highest BCUT2D eigenvalue weighted by molar-refractivity contribution is 6.11. The van der Waals surface area contributed by atoms with Gasteiger partial charge in [0.1, 0.15) is 11.5 Å². The molecule has 0 fully saturated rings. The van der Waals surface area contributed by atoms with E-state index in [9.17, 15) is 9.90 Å². The van der Waals surface area contributed by atoms with Gasteiger partial charge in [-0.15, -0.1) is 0 Å². The van der Waals surface area contributed by atoms with Crippen LogP contribution in [-0.4, -0.2) is 17.5 Å². The van der Waals surface area contributed by atoms with Crippen molar-refractivity contribution in [2.24, 2.45) is 5.92 Å². The summed E-state index contributed by atoms with van der Waals surface area (Å²) in [6.07, 6.45) is 12.5. The molecule has 0 aromatic heterocycles. The van der Waals surface area contributed by atoms with Gasteiger partial charge in [0.25, 0.3) is 0 Å². The molecule has 176 valence electrons. The zero-order valence-electron chi connectivity index (χ0n) is 20.4. The first kappa shape index (κ1) is 26.0. The van der Waals surface area contributed by atoms with Crippen molar-refractivity contribution in [1.82, 2.24) is 0 Å². The molecule has 0 amide bonds. The Labute approximate surface area is 195 Å². The van der Waals surface area contributed by atoms with Crippen molar-refractivity contribution in [2.45, 2.75) is 91.4 Å². The van der Waals surface area contributed by atoms with Crippen LogP contribution in [-0.2, 0) is 6.42 Å². The molecule has 0 heterocycles. The number of carbonyl (C=O) groups is 1. The van der Waals surface area contributed by atoms with E-state index >= 15 is 0 Å². The maximum Gasteiger partial charge on any atom is 0.196 e. The molecule has 0 aliphatic rings. The number of ether oxygens (including phenoxy) is 1. The monoisotopic (exact) mass is 438 g/mol. The number of ketones is 1. The van der Waals surface area contributed by atoms with Crippen LogP contribution in [0, 0.1) is 5.92 Å². The molecule has 0 aliphatic heterocycles. The number of unbranched alkanes of at least 4 members (excludes halogenated alkanes) is 6. The molecule has 1 N–H and O–H groups in total. The molecule has 0 saturated heterocycles. The van der Waals surface area contributed by atoms with Crippen molar-refractivity contribution in [2.75, 3.05) is 6.61 Å². The predicted molar refractivity (Wildman–Crippen MR) is 134 cm³/mol. The summed E-state index contributed by atoms with van der Waals surface area (Å²) in [5.74, 6) is 1.15. The summed E-state index contributed by atoms with van der Waals surface area (Å²) in [6, 6.07) is 12.8. The standard InChI is InChI=1S/C29H42O3/c1-4-7-9-10-11-15-21-32-27-20-19-25(28(30)24-17-13-12-14-18-24)29(31)26(27)22-23(6-3)16-8-5-2/h12-14,17-20,23,31H,4-11,15-16,21-22H2,1-3H3. The Bertz CT molecular complexity index is 798. The van der Waals surface area contributed by atoms with Gasteiger partial charge < -0.3 is 9.84 Å². The Hall–Kier alpha value is -2.29. The van der Waals surface area contributed by atoms with Gasteiger partial charge in [0.05, 0.1) is 12.2 Å². The van der Waals surface area contributed by atoms with Crippen LogP contribution in [0.25, 0.3) is 0 Å². The first-order valence-electron chi connectivity index (χ1n) is 12.7. The van der Waals surface area contributed by atoms with Crippen LogP contribution in [0.1, 0.15) is 106 Å². The predicted octanol–water partition coefficient (Wildman–Crippen LogP) is 8.12. The lowest BCUT2D eigenvalue weighted by atomic mass is 9.89.